The number of carboxylic acids is 1. The molecule has 2 aromatic rings. The summed E-state index contributed by atoms with van der Waals surface area (Å²) in [6.45, 7) is 1.88. The van der Waals surface area contributed by atoms with Gasteiger partial charge in [0.2, 0.25) is 0 Å². The molecule has 2 rings (SSSR count). The van der Waals surface area contributed by atoms with E-state index < -0.39 is 5.97 Å². The number of aromatic nitrogens is 2. The van der Waals surface area contributed by atoms with E-state index in [2.05, 4.69) is 5.10 Å². The second-order valence-corrected chi connectivity index (χ2v) is 3.61. The lowest BCUT2D eigenvalue weighted by Crippen LogP contribution is -2.22. The Bertz CT molecular complexity index is 632. The molecule has 1 N–H and O–H groups in total. The van der Waals surface area contributed by atoms with E-state index in [0.717, 1.165) is 10.2 Å². The Morgan fingerprint density at radius 3 is 2.71 bits per heavy atom. The smallest absolute Gasteiger partial charge is 0.356 e. The molecule has 0 aliphatic carbocycles. The summed E-state index contributed by atoms with van der Waals surface area (Å²) < 4.78 is 1.08. The zero-order chi connectivity index (χ0) is 12.4. The summed E-state index contributed by atoms with van der Waals surface area (Å²) in [6.07, 6.45) is 0. The zero-order valence-corrected chi connectivity index (χ0v) is 9.12. The molecule has 0 unspecified atom stereocenters. The Morgan fingerprint density at radius 2 is 2.06 bits per heavy atom. The lowest BCUT2D eigenvalue weighted by molar-refractivity contribution is 0.0688. The van der Waals surface area contributed by atoms with E-state index in [9.17, 15) is 9.59 Å². The van der Waals surface area contributed by atoms with Crippen molar-refractivity contribution in [1.29, 1.82) is 0 Å². The zero-order valence-electron chi connectivity index (χ0n) is 9.12. The highest BCUT2D eigenvalue weighted by molar-refractivity contribution is 5.84. The van der Waals surface area contributed by atoms with Crippen molar-refractivity contribution >= 4 is 5.97 Å². The average Bonchev–Trinajstić information content (AvgIpc) is 2.29. The van der Waals surface area contributed by atoms with Gasteiger partial charge in [0.1, 0.15) is 0 Å². The van der Waals surface area contributed by atoms with E-state index in [-0.39, 0.29) is 11.3 Å². The normalized spacial score (nSPS) is 10.2. The van der Waals surface area contributed by atoms with Gasteiger partial charge in [-0.1, -0.05) is 12.1 Å². The van der Waals surface area contributed by atoms with Crippen molar-refractivity contribution in [1.82, 2.24) is 9.78 Å². The first-order valence-corrected chi connectivity index (χ1v) is 4.98. The molecule has 1 heterocycles. The van der Waals surface area contributed by atoms with Crippen LogP contribution in [-0.4, -0.2) is 20.9 Å². The van der Waals surface area contributed by atoms with Crippen molar-refractivity contribution < 1.29 is 9.90 Å². The van der Waals surface area contributed by atoms with Crippen LogP contribution in [0.3, 0.4) is 0 Å². The number of hydrogen-bond acceptors (Lipinski definition) is 3. The van der Waals surface area contributed by atoms with Crippen molar-refractivity contribution in [3.05, 3.63) is 58.0 Å². The SMILES string of the molecule is Cc1cccc(-n2nc(C(=O)O)ccc2=O)c1. The predicted molar refractivity (Wildman–Crippen MR) is 61.5 cm³/mol. The Labute approximate surface area is 97.0 Å². The summed E-state index contributed by atoms with van der Waals surface area (Å²) in [5.74, 6) is -1.16. The summed E-state index contributed by atoms with van der Waals surface area (Å²) in [4.78, 5) is 22.4. The Hall–Kier alpha value is -2.43. The maximum Gasteiger partial charge on any atom is 0.356 e. The first-order valence-electron chi connectivity index (χ1n) is 4.98. The van der Waals surface area contributed by atoms with Gasteiger partial charge in [0.05, 0.1) is 5.69 Å². The lowest BCUT2D eigenvalue weighted by Gasteiger charge is -2.05. The topological polar surface area (TPSA) is 72.2 Å². The van der Waals surface area contributed by atoms with Gasteiger partial charge in [-0.3, -0.25) is 4.79 Å². The first-order chi connectivity index (χ1) is 8.08. The standard InChI is InChI=1S/C12H10N2O3/c1-8-3-2-4-9(7-8)14-11(15)6-5-10(13-14)12(16)17/h2-7H,1H3,(H,16,17). The Balaban J connectivity index is 2.62. The molecule has 0 saturated carbocycles. The van der Waals surface area contributed by atoms with Gasteiger partial charge in [-0.25, -0.2) is 4.79 Å². The second-order valence-electron chi connectivity index (χ2n) is 3.61. The molecule has 0 spiro atoms. The molecule has 0 atom stereocenters. The van der Waals surface area contributed by atoms with Gasteiger partial charge in [0.25, 0.3) is 5.56 Å². The minimum atomic E-state index is -1.16. The van der Waals surface area contributed by atoms with Crippen LogP contribution in [-0.2, 0) is 0 Å². The first kappa shape index (κ1) is 11.1. The van der Waals surface area contributed by atoms with Crippen molar-refractivity contribution in [2.24, 2.45) is 0 Å². The van der Waals surface area contributed by atoms with E-state index in [1.807, 2.05) is 13.0 Å². The van der Waals surface area contributed by atoms with E-state index in [4.69, 9.17) is 5.11 Å². The van der Waals surface area contributed by atoms with E-state index in [0.29, 0.717) is 5.69 Å². The van der Waals surface area contributed by atoms with Crippen molar-refractivity contribution in [2.45, 2.75) is 6.92 Å². The molecule has 86 valence electrons. The van der Waals surface area contributed by atoms with Crippen LogP contribution in [0, 0.1) is 6.92 Å². The molecule has 17 heavy (non-hydrogen) atoms. The average molecular weight is 230 g/mol. The van der Waals surface area contributed by atoms with Crippen LogP contribution in [0.5, 0.6) is 0 Å². The fraction of sp³-hybridized carbons (Fsp3) is 0.0833. The van der Waals surface area contributed by atoms with E-state index >= 15 is 0 Å². The van der Waals surface area contributed by atoms with Crippen LogP contribution in [0.15, 0.2) is 41.2 Å². The lowest BCUT2D eigenvalue weighted by atomic mass is 10.2. The van der Waals surface area contributed by atoms with Crippen LogP contribution in [0.1, 0.15) is 16.1 Å². The minimum Gasteiger partial charge on any atom is -0.476 e. The maximum atomic E-state index is 11.6. The largest absolute Gasteiger partial charge is 0.476 e. The van der Waals surface area contributed by atoms with Crippen LogP contribution < -0.4 is 5.56 Å². The van der Waals surface area contributed by atoms with Gasteiger partial charge in [-0.05, 0) is 30.7 Å². The van der Waals surface area contributed by atoms with Crippen LogP contribution >= 0.6 is 0 Å². The number of aryl methyl sites for hydroxylation is 1. The molecule has 0 aliphatic rings. The number of hydrogen-bond donors (Lipinski definition) is 1. The van der Waals surface area contributed by atoms with Gasteiger partial charge in [-0.15, -0.1) is 0 Å². The molecule has 0 radical (unpaired) electrons. The highest BCUT2D eigenvalue weighted by Crippen LogP contribution is 2.06. The number of carbonyl (C=O) groups is 1. The van der Waals surface area contributed by atoms with Gasteiger partial charge < -0.3 is 5.11 Å². The third-order valence-electron chi connectivity index (χ3n) is 2.27. The van der Waals surface area contributed by atoms with Crippen molar-refractivity contribution in [3.63, 3.8) is 0 Å². The molecule has 5 nitrogen and oxygen atoms in total. The molecule has 0 amide bonds. The number of benzene rings is 1. The summed E-state index contributed by atoms with van der Waals surface area (Å²) in [6, 6.07) is 9.52. The number of carboxylic acid groups (broad SMARTS) is 1. The molecule has 0 saturated heterocycles. The molecular formula is C12H10N2O3. The minimum absolute atomic E-state index is 0.161. The summed E-state index contributed by atoms with van der Waals surface area (Å²) >= 11 is 0. The van der Waals surface area contributed by atoms with Crippen molar-refractivity contribution in [2.75, 3.05) is 0 Å². The molecule has 0 bridgehead atoms. The molecule has 1 aromatic heterocycles. The predicted octanol–water partition coefficient (Wildman–Crippen LogP) is 1.24. The molecular weight excluding hydrogens is 220 g/mol. The van der Waals surface area contributed by atoms with Crippen LogP contribution in [0.25, 0.3) is 5.69 Å². The number of aromatic carboxylic acids is 1. The van der Waals surface area contributed by atoms with Crippen molar-refractivity contribution in [3.8, 4) is 5.69 Å². The molecule has 5 heteroatoms. The van der Waals surface area contributed by atoms with Crippen LogP contribution in [0.2, 0.25) is 0 Å². The highest BCUT2D eigenvalue weighted by Gasteiger charge is 2.08. The summed E-state index contributed by atoms with van der Waals surface area (Å²) in [5, 5.41) is 12.6. The quantitative estimate of drug-likeness (QED) is 0.842. The monoisotopic (exact) mass is 230 g/mol. The molecule has 0 aliphatic heterocycles. The molecule has 1 aromatic carbocycles. The van der Waals surface area contributed by atoms with Gasteiger partial charge in [-0.2, -0.15) is 9.78 Å². The third kappa shape index (κ3) is 2.23. The van der Waals surface area contributed by atoms with Gasteiger partial charge in [0, 0.05) is 6.07 Å². The van der Waals surface area contributed by atoms with Crippen LogP contribution in [0.4, 0.5) is 0 Å². The Morgan fingerprint density at radius 1 is 1.29 bits per heavy atom. The Kier molecular flexibility index (Phi) is 2.74. The summed E-state index contributed by atoms with van der Waals surface area (Å²) in [7, 11) is 0. The molecule has 0 fully saturated rings. The number of nitrogens with zero attached hydrogens (tertiary/aromatic N) is 2. The maximum absolute atomic E-state index is 11.6. The second kappa shape index (κ2) is 4.21. The fourth-order valence-electron chi connectivity index (χ4n) is 1.47. The van der Waals surface area contributed by atoms with E-state index in [1.54, 1.807) is 18.2 Å². The van der Waals surface area contributed by atoms with Gasteiger partial charge >= 0.3 is 5.97 Å². The van der Waals surface area contributed by atoms with E-state index in [1.165, 1.54) is 12.1 Å². The fourth-order valence-corrected chi connectivity index (χ4v) is 1.47. The third-order valence-corrected chi connectivity index (χ3v) is 2.27. The number of rotatable bonds is 2. The summed E-state index contributed by atoms with van der Waals surface area (Å²) in [5.41, 5.74) is 1.00. The van der Waals surface area contributed by atoms with Gasteiger partial charge in [0.15, 0.2) is 5.69 Å². The highest BCUT2D eigenvalue weighted by atomic mass is 16.4.